The predicted octanol–water partition coefficient (Wildman–Crippen LogP) is 2.80. The summed E-state index contributed by atoms with van der Waals surface area (Å²) in [6, 6.07) is 11.2. The normalized spacial score (nSPS) is 15.3. The third kappa shape index (κ3) is 4.08. The summed E-state index contributed by atoms with van der Waals surface area (Å²) in [7, 11) is -3.28. The van der Waals surface area contributed by atoms with Crippen LogP contribution in [0.15, 0.2) is 51.6 Å². The van der Waals surface area contributed by atoms with Gasteiger partial charge in [-0.05, 0) is 36.2 Å². The summed E-state index contributed by atoms with van der Waals surface area (Å²) < 4.78 is 30.6. The summed E-state index contributed by atoms with van der Waals surface area (Å²) >= 11 is 3.38. The third-order valence-corrected chi connectivity index (χ3v) is 6.70. The molecule has 1 aliphatic rings. The zero-order valence-corrected chi connectivity index (χ0v) is 15.4. The van der Waals surface area contributed by atoms with Gasteiger partial charge in [-0.15, -0.1) is 0 Å². The topological polar surface area (TPSA) is 67.6 Å². The van der Waals surface area contributed by atoms with E-state index in [2.05, 4.69) is 15.9 Å². The Balaban J connectivity index is 1.47. The quantitative estimate of drug-likeness (QED) is 0.732. The number of hydrogen-bond donors (Lipinski definition) is 0. The highest BCUT2D eigenvalue weighted by atomic mass is 79.9. The number of rotatable bonds is 6. The molecule has 0 spiro atoms. The molecule has 0 radical (unpaired) electrons. The molecule has 0 saturated carbocycles. The van der Waals surface area contributed by atoms with Crippen molar-refractivity contribution in [2.24, 2.45) is 0 Å². The number of amides is 1. The van der Waals surface area contributed by atoms with Crippen LogP contribution in [0.4, 0.5) is 0 Å². The fourth-order valence-electron chi connectivity index (χ4n) is 2.64. The van der Waals surface area contributed by atoms with Crippen molar-refractivity contribution in [3.63, 3.8) is 0 Å². The van der Waals surface area contributed by atoms with Crippen molar-refractivity contribution in [1.82, 2.24) is 4.90 Å². The molecule has 0 aliphatic carbocycles. The van der Waals surface area contributed by atoms with Gasteiger partial charge in [-0.2, -0.15) is 0 Å². The van der Waals surface area contributed by atoms with Crippen LogP contribution >= 0.6 is 15.9 Å². The molecule has 2 aromatic rings. The number of hydrogen-bond acceptors (Lipinski definition) is 4. The molecule has 1 aromatic heterocycles. The molecule has 1 fully saturated rings. The van der Waals surface area contributed by atoms with Gasteiger partial charge in [0, 0.05) is 24.0 Å². The zero-order valence-electron chi connectivity index (χ0n) is 13.0. The van der Waals surface area contributed by atoms with Crippen LogP contribution in [-0.4, -0.2) is 37.6 Å². The van der Waals surface area contributed by atoms with Gasteiger partial charge >= 0.3 is 0 Å². The van der Waals surface area contributed by atoms with Crippen LogP contribution in [0.25, 0.3) is 0 Å². The van der Waals surface area contributed by atoms with Crippen LogP contribution in [0.2, 0.25) is 0 Å². The lowest BCUT2D eigenvalue weighted by atomic mass is 10.1. The highest BCUT2D eigenvalue weighted by molar-refractivity contribution is 9.10. The molecule has 3 rings (SSSR count). The average Bonchev–Trinajstić information content (AvgIpc) is 2.97. The monoisotopic (exact) mass is 411 g/mol. The van der Waals surface area contributed by atoms with Crippen molar-refractivity contribution in [3.8, 4) is 0 Å². The SMILES string of the molecule is O=C(CCc1ccc(Br)cc1)N1CC(S(=O)(=O)Cc2ccco2)C1. The van der Waals surface area contributed by atoms with Gasteiger partial charge in [0.2, 0.25) is 5.91 Å². The maximum absolute atomic E-state index is 12.3. The molecule has 0 bridgehead atoms. The van der Waals surface area contributed by atoms with Crippen LogP contribution in [0, 0.1) is 0 Å². The Morgan fingerprint density at radius 3 is 2.54 bits per heavy atom. The zero-order chi connectivity index (χ0) is 17.2. The van der Waals surface area contributed by atoms with Crippen molar-refractivity contribution < 1.29 is 17.6 Å². The lowest BCUT2D eigenvalue weighted by Gasteiger charge is -2.38. The van der Waals surface area contributed by atoms with Gasteiger partial charge in [-0.1, -0.05) is 28.1 Å². The number of benzene rings is 1. The number of carbonyl (C=O) groups is 1. The predicted molar refractivity (Wildman–Crippen MR) is 94.2 cm³/mol. The first-order valence-electron chi connectivity index (χ1n) is 7.70. The van der Waals surface area contributed by atoms with Crippen molar-refractivity contribution >= 4 is 31.7 Å². The van der Waals surface area contributed by atoms with E-state index in [1.165, 1.54) is 6.26 Å². The molecule has 7 heteroatoms. The van der Waals surface area contributed by atoms with Gasteiger partial charge in [-0.25, -0.2) is 8.42 Å². The summed E-state index contributed by atoms with van der Waals surface area (Å²) in [4.78, 5) is 13.8. The molecular formula is C17H18BrNO4S. The fourth-order valence-corrected chi connectivity index (χ4v) is 4.52. The Bertz CT molecular complexity index is 794. The van der Waals surface area contributed by atoms with Crippen LogP contribution in [-0.2, 0) is 26.8 Å². The van der Waals surface area contributed by atoms with E-state index in [9.17, 15) is 13.2 Å². The highest BCUT2D eigenvalue weighted by Gasteiger charge is 2.39. The minimum Gasteiger partial charge on any atom is -0.468 e. The fraction of sp³-hybridized carbons (Fsp3) is 0.353. The summed E-state index contributed by atoms with van der Waals surface area (Å²) in [5.74, 6) is 0.336. The minimum atomic E-state index is -3.28. The lowest BCUT2D eigenvalue weighted by Crippen LogP contribution is -2.57. The maximum atomic E-state index is 12.3. The second-order valence-corrected chi connectivity index (χ2v) is 9.13. The molecule has 128 valence electrons. The number of furan rings is 1. The van der Waals surface area contributed by atoms with E-state index < -0.39 is 15.1 Å². The number of nitrogens with zero attached hydrogens (tertiary/aromatic N) is 1. The maximum Gasteiger partial charge on any atom is 0.222 e. The van der Waals surface area contributed by atoms with Crippen LogP contribution in [0.5, 0.6) is 0 Å². The number of likely N-dealkylation sites (tertiary alicyclic amines) is 1. The number of sulfone groups is 1. The number of carbonyl (C=O) groups excluding carboxylic acids is 1. The molecule has 24 heavy (non-hydrogen) atoms. The molecule has 0 unspecified atom stereocenters. The molecule has 1 amide bonds. The van der Waals surface area contributed by atoms with E-state index in [4.69, 9.17) is 4.42 Å². The summed E-state index contributed by atoms with van der Waals surface area (Å²) in [6.07, 6.45) is 2.52. The van der Waals surface area contributed by atoms with Gasteiger partial charge in [0.05, 0.1) is 11.5 Å². The van der Waals surface area contributed by atoms with Crippen LogP contribution < -0.4 is 0 Å². The average molecular weight is 412 g/mol. The van der Waals surface area contributed by atoms with Crippen LogP contribution in [0.3, 0.4) is 0 Å². The van der Waals surface area contributed by atoms with E-state index in [1.54, 1.807) is 17.0 Å². The number of halogens is 1. The molecule has 5 nitrogen and oxygen atoms in total. The van der Waals surface area contributed by atoms with Crippen molar-refractivity contribution in [3.05, 3.63) is 58.5 Å². The molecule has 1 saturated heterocycles. The molecular weight excluding hydrogens is 394 g/mol. The third-order valence-electron chi connectivity index (χ3n) is 4.17. The molecule has 0 N–H and O–H groups in total. The van der Waals surface area contributed by atoms with E-state index in [1.807, 2.05) is 24.3 Å². The van der Waals surface area contributed by atoms with Gasteiger partial charge < -0.3 is 9.32 Å². The number of aryl methyl sites for hydroxylation is 1. The summed E-state index contributed by atoms with van der Waals surface area (Å²) in [6.45, 7) is 0.560. The highest BCUT2D eigenvalue weighted by Crippen LogP contribution is 2.22. The lowest BCUT2D eigenvalue weighted by molar-refractivity contribution is -0.134. The Morgan fingerprint density at radius 2 is 1.92 bits per heavy atom. The Labute approximate surface area is 149 Å². The van der Waals surface area contributed by atoms with E-state index in [0.29, 0.717) is 18.6 Å². The smallest absolute Gasteiger partial charge is 0.222 e. The van der Waals surface area contributed by atoms with E-state index in [-0.39, 0.29) is 24.7 Å². The summed E-state index contributed by atoms with van der Waals surface area (Å²) in [5, 5.41) is -0.487. The molecule has 0 atom stereocenters. The van der Waals surface area contributed by atoms with Gasteiger partial charge in [0.15, 0.2) is 9.84 Å². The van der Waals surface area contributed by atoms with Gasteiger partial charge in [0.25, 0.3) is 0 Å². The van der Waals surface area contributed by atoms with E-state index in [0.717, 1.165) is 10.0 Å². The van der Waals surface area contributed by atoms with Crippen molar-refractivity contribution in [2.45, 2.75) is 23.8 Å². The first-order valence-corrected chi connectivity index (χ1v) is 10.2. The largest absolute Gasteiger partial charge is 0.468 e. The Hall–Kier alpha value is -1.60. The molecule has 1 aromatic carbocycles. The molecule has 1 aliphatic heterocycles. The Kier molecular flexibility index (Phi) is 5.10. The second kappa shape index (κ2) is 7.11. The van der Waals surface area contributed by atoms with Gasteiger partial charge in [0.1, 0.15) is 11.5 Å². The summed E-state index contributed by atoms with van der Waals surface area (Å²) in [5.41, 5.74) is 1.09. The van der Waals surface area contributed by atoms with Crippen molar-refractivity contribution in [1.29, 1.82) is 0 Å². The van der Waals surface area contributed by atoms with E-state index >= 15 is 0 Å². The first-order chi connectivity index (χ1) is 11.4. The minimum absolute atomic E-state index is 0.00219. The van der Waals surface area contributed by atoms with Gasteiger partial charge in [-0.3, -0.25) is 4.79 Å². The first kappa shape index (κ1) is 17.2. The molecule has 2 heterocycles. The Morgan fingerprint density at radius 1 is 1.21 bits per heavy atom. The standard InChI is InChI=1S/C17H18BrNO4S/c18-14-6-3-13(4-7-14)5-8-17(20)19-10-16(11-19)24(21,22)12-15-2-1-9-23-15/h1-4,6-7,9,16H,5,8,10-12H2. The second-order valence-electron chi connectivity index (χ2n) is 5.93. The van der Waals surface area contributed by atoms with Crippen molar-refractivity contribution in [2.75, 3.05) is 13.1 Å². The van der Waals surface area contributed by atoms with Crippen LogP contribution in [0.1, 0.15) is 17.7 Å².